The molecule has 7 atom stereocenters. The van der Waals surface area contributed by atoms with Crippen molar-refractivity contribution < 1.29 is 32.9 Å². The lowest BCUT2D eigenvalue weighted by atomic mass is 9.89. The van der Waals surface area contributed by atoms with Crippen LogP contribution in [-0.4, -0.2) is 61.2 Å². The van der Waals surface area contributed by atoms with Crippen molar-refractivity contribution in [2.75, 3.05) is 18.9 Å². The Labute approximate surface area is 330 Å². The number of sulfonamides is 1. The van der Waals surface area contributed by atoms with Crippen molar-refractivity contribution in [1.82, 2.24) is 9.62 Å². The number of rotatable bonds is 15. The van der Waals surface area contributed by atoms with E-state index in [2.05, 4.69) is 21.9 Å². The van der Waals surface area contributed by atoms with E-state index in [1.165, 1.54) is 12.1 Å². The van der Waals surface area contributed by atoms with E-state index in [1.807, 2.05) is 112 Å². The number of aliphatic hydroxyl groups is 2. The third kappa shape index (κ3) is 10.2. The lowest BCUT2D eigenvalue weighted by Gasteiger charge is -2.43. The first-order valence-corrected chi connectivity index (χ1v) is 20.4. The summed E-state index contributed by atoms with van der Waals surface area (Å²) in [5, 5.41) is 23.8. The normalized spacial score (nSPS) is 20.3. The number of carbonyl (C=O) groups excluding carboxylic acids is 1. The summed E-state index contributed by atoms with van der Waals surface area (Å²) in [4.78, 5) is 16.1. The van der Waals surface area contributed by atoms with Gasteiger partial charge in [-0.2, -0.15) is 4.72 Å². The molecule has 1 saturated heterocycles. The molecule has 1 heterocycles. The number of hydrogen-bond acceptors (Lipinski definition) is 8. The fraction of sp³-hybridized carbons (Fsp3) is 0.311. The van der Waals surface area contributed by atoms with Gasteiger partial charge in [0.05, 0.1) is 29.8 Å². The van der Waals surface area contributed by atoms with E-state index in [-0.39, 0.29) is 42.1 Å². The maximum atomic E-state index is 14.0. The lowest BCUT2D eigenvalue weighted by molar-refractivity contribution is -0.276. The van der Waals surface area contributed by atoms with Gasteiger partial charge >= 0.3 is 0 Å². The van der Waals surface area contributed by atoms with E-state index in [4.69, 9.17) is 9.47 Å². The molecule has 1 aliphatic rings. The summed E-state index contributed by atoms with van der Waals surface area (Å²) >= 11 is 0. The molecule has 10 nitrogen and oxygen atoms in total. The first-order chi connectivity index (χ1) is 26.9. The summed E-state index contributed by atoms with van der Waals surface area (Å²) in [6.45, 7) is 6.37. The fourth-order valence-electron chi connectivity index (χ4n) is 6.95. The zero-order valence-corrected chi connectivity index (χ0v) is 33.0. The van der Waals surface area contributed by atoms with Crippen LogP contribution in [-0.2, 0) is 37.3 Å². The van der Waals surface area contributed by atoms with Gasteiger partial charge in [0.2, 0.25) is 15.9 Å². The van der Waals surface area contributed by atoms with Crippen molar-refractivity contribution in [3.05, 3.63) is 167 Å². The molecule has 6 rings (SSSR count). The molecule has 5 aromatic carbocycles. The van der Waals surface area contributed by atoms with E-state index < -0.39 is 34.4 Å². The topological polar surface area (TPSA) is 137 Å². The molecule has 0 radical (unpaired) electrons. The minimum absolute atomic E-state index is 0.0692. The molecule has 11 heteroatoms. The number of aliphatic hydroxyl groups excluding tert-OH is 2. The molecule has 0 bridgehead atoms. The molecule has 1 amide bonds. The zero-order chi connectivity index (χ0) is 39.8. The predicted octanol–water partition coefficient (Wildman–Crippen LogP) is 6.86. The molecular weight excluding hydrogens is 727 g/mol. The van der Waals surface area contributed by atoms with Crippen LogP contribution in [0.2, 0.25) is 0 Å². The predicted molar refractivity (Wildman–Crippen MR) is 217 cm³/mol. The highest BCUT2D eigenvalue weighted by atomic mass is 32.2. The third-order valence-electron chi connectivity index (χ3n) is 10.5. The Morgan fingerprint density at radius 2 is 1.48 bits per heavy atom. The SMILES string of the molecule is Cc1ccc(S(=O)(=O)N[C@H](Cc2ccccc2)C(=O)Nc2cccc([C@@H]3O[C@H](CN(C)[C@H](C)[C@@H](O)c4ccccc4)[C@H](C)[C@H](c4ccc(CO)cc4)O3)c2)cc1. The number of nitrogens with zero attached hydrogens (tertiary/aromatic N) is 1. The number of aryl methyl sites for hydroxylation is 1. The van der Waals surface area contributed by atoms with Crippen LogP contribution in [0.25, 0.3) is 0 Å². The molecule has 294 valence electrons. The summed E-state index contributed by atoms with van der Waals surface area (Å²) < 4.78 is 43.0. The van der Waals surface area contributed by atoms with Crippen LogP contribution in [0.1, 0.15) is 65.7 Å². The maximum Gasteiger partial charge on any atom is 0.242 e. The van der Waals surface area contributed by atoms with E-state index in [0.29, 0.717) is 17.8 Å². The van der Waals surface area contributed by atoms with E-state index in [9.17, 15) is 23.4 Å². The molecule has 1 fully saturated rings. The number of hydrogen-bond donors (Lipinski definition) is 4. The van der Waals surface area contributed by atoms with Crippen molar-refractivity contribution in [3.63, 3.8) is 0 Å². The number of amides is 1. The third-order valence-corrected chi connectivity index (χ3v) is 12.0. The Hall–Kier alpha value is -4.72. The van der Waals surface area contributed by atoms with Gasteiger partial charge in [-0.1, -0.05) is 122 Å². The molecule has 56 heavy (non-hydrogen) atoms. The molecule has 0 saturated carbocycles. The summed E-state index contributed by atoms with van der Waals surface area (Å²) in [6, 6.07) is 38.8. The largest absolute Gasteiger partial charge is 0.392 e. The first kappa shape index (κ1) is 40.9. The second-order valence-electron chi connectivity index (χ2n) is 14.6. The Kier molecular flexibility index (Phi) is 13.5. The molecule has 0 aliphatic carbocycles. The number of nitrogens with one attached hydrogen (secondary N) is 2. The smallest absolute Gasteiger partial charge is 0.242 e. The van der Waals surface area contributed by atoms with Crippen molar-refractivity contribution in [3.8, 4) is 0 Å². The monoisotopic (exact) mass is 777 g/mol. The highest BCUT2D eigenvalue weighted by Gasteiger charge is 2.40. The number of ether oxygens (including phenoxy) is 2. The van der Waals surface area contributed by atoms with Crippen LogP contribution >= 0.6 is 0 Å². The number of likely N-dealkylation sites (N-methyl/N-ethyl adjacent to an activating group) is 1. The Morgan fingerprint density at radius 1 is 0.821 bits per heavy atom. The van der Waals surface area contributed by atoms with Gasteiger partial charge in [-0.05, 0) is 73.8 Å². The minimum Gasteiger partial charge on any atom is -0.392 e. The van der Waals surface area contributed by atoms with Gasteiger partial charge < -0.3 is 25.0 Å². The van der Waals surface area contributed by atoms with Crippen LogP contribution in [0.5, 0.6) is 0 Å². The van der Waals surface area contributed by atoms with Gasteiger partial charge in [-0.15, -0.1) is 0 Å². The highest BCUT2D eigenvalue weighted by Crippen LogP contribution is 2.42. The number of anilines is 1. The van der Waals surface area contributed by atoms with Crippen molar-refractivity contribution in [1.29, 1.82) is 0 Å². The number of carbonyl (C=O) groups is 1. The summed E-state index contributed by atoms with van der Waals surface area (Å²) in [5.41, 5.74) is 5.39. The molecule has 0 aromatic heterocycles. The maximum absolute atomic E-state index is 14.0. The van der Waals surface area contributed by atoms with Gasteiger partial charge in [-0.3, -0.25) is 9.69 Å². The standard InChI is InChI=1S/C45H51N3O7S/c1-30-18-24-39(25-19-30)56(52,53)47-40(26-33-12-7-5-8-13-33)44(51)46-38-17-11-16-37(27-38)45-54-41(28-48(4)32(3)42(50)35-14-9-6-10-15-35)31(2)43(55-45)36-22-20-34(29-49)21-23-36/h5-25,27,31-32,40-43,45,47,49-50H,26,28-29H2,1-4H3,(H,46,51)/t31-,32+,40+,41+,42+,43+,45+/m0/s1. The van der Waals surface area contributed by atoms with Crippen molar-refractivity contribution in [2.45, 2.75) is 75.4 Å². The second kappa shape index (κ2) is 18.5. The highest BCUT2D eigenvalue weighted by molar-refractivity contribution is 7.89. The van der Waals surface area contributed by atoms with Crippen LogP contribution in [0, 0.1) is 12.8 Å². The Balaban J connectivity index is 1.24. The van der Waals surface area contributed by atoms with Gasteiger partial charge in [0.1, 0.15) is 6.04 Å². The van der Waals surface area contributed by atoms with Crippen molar-refractivity contribution in [2.24, 2.45) is 5.92 Å². The zero-order valence-electron chi connectivity index (χ0n) is 32.2. The van der Waals surface area contributed by atoms with Gasteiger partial charge in [0, 0.05) is 29.8 Å². The molecule has 4 N–H and O–H groups in total. The average Bonchev–Trinajstić information content (AvgIpc) is 3.21. The molecular formula is C45H51N3O7S. The van der Waals surface area contributed by atoms with E-state index in [1.54, 1.807) is 30.3 Å². The minimum atomic E-state index is -4.03. The lowest BCUT2D eigenvalue weighted by Crippen LogP contribution is -2.46. The number of benzene rings is 5. The quantitative estimate of drug-likeness (QED) is 0.0906. The molecule has 0 unspecified atom stereocenters. The fourth-order valence-corrected chi connectivity index (χ4v) is 8.15. The molecule has 5 aromatic rings. The molecule has 0 spiro atoms. The Morgan fingerprint density at radius 3 is 2.14 bits per heavy atom. The van der Waals surface area contributed by atoms with E-state index >= 15 is 0 Å². The van der Waals surface area contributed by atoms with Gasteiger partial charge in [0.15, 0.2) is 6.29 Å². The van der Waals surface area contributed by atoms with Crippen LogP contribution < -0.4 is 10.0 Å². The van der Waals surface area contributed by atoms with Crippen LogP contribution in [0.3, 0.4) is 0 Å². The summed E-state index contributed by atoms with van der Waals surface area (Å²) in [6.07, 6.45) is -2.09. The summed E-state index contributed by atoms with van der Waals surface area (Å²) in [5.74, 6) is -0.619. The average molecular weight is 778 g/mol. The van der Waals surface area contributed by atoms with Crippen LogP contribution in [0.15, 0.2) is 138 Å². The summed E-state index contributed by atoms with van der Waals surface area (Å²) in [7, 11) is -2.06. The van der Waals surface area contributed by atoms with E-state index in [0.717, 1.165) is 27.8 Å². The van der Waals surface area contributed by atoms with Crippen LogP contribution in [0.4, 0.5) is 5.69 Å². The molecule has 1 aliphatic heterocycles. The Bertz CT molecular complexity index is 2130. The van der Waals surface area contributed by atoms with Gasteiger partial charge in [-0.25, -0.2) is 8.42 Å². The van der Waals surface area contributed by atoms with Gasteiger partial charge in [0.25, 0.3) is 0 Å². The first-order valence-electron chi connectivity index (χ1n) is 18.9. The second-order valence-corrected chi connectivity index (χ2v) is 16.4. The van der Waals surface area contributed by atoms with Crippen molar-refractivity contribution >= 4 is 21.6 Å².